The van der Waals surface area contributed by atoms with E-state index < -0.39 is 11.9 Å². The number of hydrogen-bond acceptors (Lipinski definition) is 3. The van der Waals surface area contributed by atoms with Gasteiger partial charge in [0.15, 0.2) is 0 Å². The van der Waals surface area contributed by atoms with Crippen molar-refractivity contribution >= 4 is 11.6 Å². The molecule has 0 aliphatic carbocycles. The summed E-state index contributed by atoms with van der Waals surface area (Å²) >= 11 is 6.00. The molecule has 1 N–H and O–H groups in total. The topological polar surface area (TPSA) is 38.7 Å². The van der Waals surface area contributed by atoms with Gasteiger partial charge in [-0.05, 0) is 37.7 Å². The maximum atomic E-state index is 13.6. The van der Waals surface area contributed by atoms with E-state index in [1.807, 2.05) is 0 Å². The van der Waals surface area contributed by atoms with E-state index in [2.05, 4.69) is 0 Å². The van der Waals surface area contributed by atoms with Crippen molar-refractivity contribution in [2.45, 2.75) is 37.4 Å². The van der Waals surface area contributed by atoms with Crippen molar-refractivity contribution in [3.8, 4) is 0 Å². The summed E-state index contributed by atoms with van der Waals surface area (Å²) in [6.07, 6.45) is 2.48. The lowest BCUT2D eigenvalue weighted by molar-refractivity contribution is -0.159. The first-order valence-electron chi connectivity index (χ1n) is 7.45. The van der Waals surface area contributed by atoms with E-state index in [0.717, 1.165) is 25.7 Å². The van der Waals surface area contributed by atoms with Gasteiger partial charge in [0.2, 0.25) is 0 Å². The molecule has 0 bridgehead atoms. The summed E-state index contributed by atoms with van der Waals surface area (Å²) in [5.41, 5.74) is 0.285. The fourth-order valence-electron chi connectivity index (χ4n) is 3.43. The molecule has 116 valence electrons. The third-order valence-electron chi connectivity index (χ3n) is 4.68. The highest BCUT2D eigenvalue weighted by Gasteiger charge is 2.41. The van der Waals surface area contributed by atoms with E-state index >= 15 is 0 Å². The standard InChI is InChI=1S/C16H20ClFO3/c17-14-12(2-1-3-13(14)18)15(19)11-4-7-21-16(10-11)5-8-20-9-6-16/h1-3,11,15,19H,4-10H2. The van der Waals surface area contributed by atoms with Gasteiger partial charge in [0.25, 0.3) is 0 Å². The second kappa shape index (κ2) is 6.21. The van der Waals surface area contributed by atoms with Crippen LogP contribution in [0.15, 0.2) is 18.2 Å². The predicted octanol–water partition coefficient (Wildman–Crippen LogP) is 3.49. The van der Waals surface area contributed by atoms with Crippen LogP contribution >= 0.6 is 11.6 Å². The third-order valence-corrected chi connectivity index (χ3v) is 5.08. The largest absolute Gasteiger partial charge is 0.388 e. The Labute approximate surface area is 129 Å². The van der Waals surface area contributed by atoms with Crippen molar-refractivity contribution in [2.75, 3.05) is 19.8 Å². The third kappa shape index (κ3) is 3.09. The molecule has 0 amide bonds. The molecule has 2 atom stereocenters. The summed E-state index contributed by atoms with van der Waals surface area (Å²) in [4.78, 5) is 0. The normalized spacial score (nSPS) is 26.7. The minimum atomic E-state index is -0.753. The molecule has 1 aromatic rings. The van der Waals surface area contributed by atoms with Crippen LogP contribution in [0.1, 0.15) is 37.4 Å². The zero-order chi connectivity index (χ0) is 14.9. The number of ether oxygens (including phenoxy) is 2. The smallest absolute Gasteiger partial charge is 0.142 e. The molecule has 5 heteroatoms. The minimum absolute atomic E-state index is 0.0255. The van der Waals surface area contributed by atoms with Crippen molar-refractivity contribution in [1.82, 2.24) is 0 Å². The van der Waals surface area contributed by atoms with Gasteiger partial charge in [0.05, 0.1) is 16.7 Å². The fraction of sp³-hybridized carbons (Fsp3) is 0.625. The van der Waals surface area contributed by atoms with Gasteiger partial charge in [-0.15, -0.1) is 0 Å². The molecule has 3 rings (SSSR count). The molecule has 2 heterocycles. The van der Waals surface area contributed by atoms with Gasteiger partial charge in [-0.1, -0.05) is 23.7 Å². The molecular formula is C16H20ClFO3. The van der Waals surface area contributed by atoms with Crippen LogP contribution in [0.4, 0.5) is 4.39 Å². The van der Waals surface area contributed by atoms with Gasteiger partial charge in [-0.2, -0.15) is 0 Å². The lowest BCUT2D eigenvalue weighted by Crippen LogP contribution is -2.45. The number of halogens is 2. The maximum absolute atomic E-state index is 13.6. The quantitative estimate of drug-likeness (QED) is 0.908. The van der Waals surface area contributed by atoms with Crippen molar-refractivity contribution < 1.29 is 19.0 Å². The molecule has 2 fully saturated rings. The summed E-state index contributed by atoms with van der Waals surface area (Å²) in [6, 6.07) is 4.59. The molecule has 2 saturated heterocycles. The molecule has 2 aliphatic heterocycles. The second-order valence-electron chi connectivity index (χ2n) is 5.98. The van der Waals surface area contributed by atoms with Crippen LogP contribution in [0.25, 0.3) is 0 Å². The van der Waals surface area contributed by atoms with Gasteiger partial charge in [0, 0.05) is 25.4 Å². The molecule has 2 aliphatic rings. The molecule has 2 unspecified atom stereocenters. The Kier molecular flexibility index (Phi) is 4.50. The van der Waals surface area contributed by atoms with Crippen LogP contribution < -0.4 is 0 Å². The fourth-order valence-corrected chi connectivity index (χ4v) is 3.67. The van der Waals surface area contributed by atoms with E-state index in [-0.39, 0.29) is 16.5 Å². The molecule has 21 heavy (non-hydrogen) atoms. The van der Waals surface area contributed by atoms with E-state index in [9.17, 15) is 9.50 Å². The van der Waals surface area contributed by atoms with Gasteiger partial charge < -0.3 is 14.6 Å². The highest BCUT2D eigenvalue weighted by atomic mass is 35.5. The summed E-state index contributed by atoms with van der Waals surface area (Å²) in [6.45, 7) is 2.02. The van der Waals surface area contributed by atoms with Crippen molar-refractivity contribution in [2.24, 2.45) is 5.92 Å². The van der Waals surface area contributed by atoms with Gasteiger partial charge >= 0.3 is 0 Å². The first-order chi connectivity index (χ1) is 10.1. The highest BCUT2D eigenvalue weighted by molar-refractivity contribution is 6.31. The van der Waals surface area contributed by atoms with Crippen LogP contribution in [-0.4, -0.2) is 30.5 Å². The van der Waals surface area contributed by atoms with Crippen LogP contribution in [0.5, 0.6) is 0 Å². The van der Waals surface area contributed by atoms with Crippen molar-refractivity contribution in [3.63, 3.8) is 0 Å². The summed E-state index contributed by atoms with van der Waals surface area (Å²) in [5.74, 6) is -0.447. The average Bonchev–Trinajstić information content (AvgIpc) is 2.50. The first kappa shape index (κ1) is 15.2. The molecule has 1 aromatic carbocycles. The number of benzene rings is 1. The maximum Gasteiger partial charge on any atom is 0.142 e. The second-order valence-corrected chi connectivity index (χ2v) is 6.36. The summed E-state index contributed by atoms with van der Waals surface area (Å²) < 4.78 is 24.9. The summed E-state index contributed by atoms with van der Waals surface area (Å²) in [5, 5.41) is 10.7. The Balaban J connectivity index is 1.78. The Bertz CT molecular complexity index is 497. The van der Waals surface area contributed by atoms with Gasteiger partial charge in [0.1, 0.15) is 5.82 Å². The Morgan fingerprint density at radius 2 is 2.05 bits per heavy atom. The van der Waals surface area contributed by atoms with E-state index in [1.54, 1.807) is 12.1 Å². The minimum Gasteiger partial charge on any atom is -0.388 e. The van der Waals surface area contributed by atoms with E-state index in [0.29, 0.717) is 25.4 Å². The Morgan fingerprint density at radius 3 is 2.81 bits per heavy atom. The SMILES string of the molecule is OC(c1cccc(F)c1Cl)C1CCOC2(CCOCC2)C1. The van der Waals surface area contributed by atoms with Crippen LogP contribution in [-0.2, 0) is 9.47 Å². The molecular weight excluding hydrogens is 295 g/mol. The molecule has 0 saturated carbocycles. The first-order valence-corrected chi connectivity index (χ1v) is 7.83. The Hall–Kier alpha value is -0.680. The lowest BCUT2D eigenvalue weighted by atomic mass is 9.77. The van der Waals surface area contributed by atoms with Gasteiger partial charge in [-0.25, -0.2) is 4.39 Å². The molecule has 0 aromatic heterocycles. The monoisotopic (exact) mass is 314 g/mol. The number of rotatable bonds is 2. The zero-order valence-electron chi connectivity index (χ0n) is 11.9. The molecule has 1 spiro atoms. The molecule has 0 radical (unpaired) electrons. The highest BCUT2D eigenvalue weighted by Crippen LogP contribution is 2.43. The van der Waals surface area contributed by atoms with Gasteiger partial charge in [-0.3, -0.25) is 0 Å². The van der Waals surface area contributed by atoms with Crippen LogP contribution in [0.3, 0.4) is 0 Å². The van der Waals surface area contributed by atoms with Crippen LogP contribution in [0.2, 0.25) is 5.02 Å². The number of aliphatic hydroxyl groups excluding tert-OH is 1. The van der Waals surface area contributed by atoms with E-state index in [4.69, 9.17) is 21.1 Å². The zero-order valence-corrected chi connectivity index (χ0v) is 12.6. The Morgan fingerprint density at radius 1 is 1.29 bits per heavy atom. The predicted molar refractivity (Wildman–Crippen MR) is 77.8 cm³/mol. The van der Waals surface area contributed by atoms with E-state index in [1.165, 1.54) is 6.07 Å². The number of aliphatic hydroxyl groups is 1. The number of hydrogen-bond donors (Lipinski definition) is 1. The van der Waals surface area contributed by atoms with Crippen molar-refractivity contribution in [3.05, 3.63) is 34.6 Å². The van der Waals surface area contributed by atoms with Crippen molar-refractivity contribution in [1.29, 1.82) is 0 Å². The summed E-state index contributed by atoms with van der Waals surface area (Å²) in [7, 11) is 0. The lowest BCUT2D eigenvalue weighted by Gasteiger charge is -2.44. The molecule has 3 nitrogen and oxygen atoms in total. The van der Waals surface area contributed by atoms with Crippen LogP contribution in [0, 0.1) is 11.7 Å². The average molecular weight is 315 g/mol.